The van der Waals surface area contributed by atoms with Gasteiger partial charge in [0, 0.05) is 0 Å². The first-order valence-electron chi connectivity index (χ1n) is 9.19. The van der Waals surface area contributed by atoms with Crippen LogP contribution in [-0.4, -0.2) is 40.3 Å². The molecular weight excluding hydrogens is 449 g/mol. The summed E-state index contributed by atoms with van der Waals surface area (Å²) in [5, 5.41) is 21.5. The van der Waals surface area contributed by atoms with E-state index in [-0.39, 0.29) is 0 Å². The molecule has 34 heavy (non-hydrogen) atoms. The van der Waals surface area contributed by atoms with Gasteiger partial charge in [0.15, 0.2) is 0 Å². The molecule has 13 heteroatoms. The first-order chi connectivity index (χ1) is 16.3. The Morgan fingerprint density at radius 2 is 0.676 bits per heavy atom. The molecule has 0 aliphatic rings. The largest absolute Gasteiger partial charge is 0.631 e. The average molecular weight is 473 g/mol. The molecule has 0 fully saturated rings. The summed E-state index contributed by atoms with van der Waals surface area (Å²) < 4.78 is 0. The fourth-order valence-electron chi connectivity index (χ4n) is 1.93. The molecule has 9 N–H and O–H groups in total. The lowest BCUT2D eigenvalue weighted by Crippen LogP contribution is -2.09. The van der Waals surface area contributed by atoms with Crippen molar-refractivity contribution in [3.05, 3.63) is 108 Å². The molecule has 0 radical (unpaired) electrons. The molecule has 0 spiro atoms. The van der Waals surface area contributed by atoms with Gasteiger partial charge in [0.1, 0.15) is 0 Å². The van der Waals surface area contributed by atoms with Gasteiger partial charge in [-0.2, -0.15) is 17.7 Å². The second kappa shape index (κ2) is 18.5. The quantitative estimate of drug-likeness (QED) is 0.220. The predicted molar refractivity (Wildman–Crippen MR) is 121 cm³/mol. The van der Waals surface area contributed by atoms with E-state index in [9.17, 15) is 14.4 Å². The molecule has 3 aromatic carbocycles. The Balaban J connectivity index is 0.000000445. The number of rotatable bonds is 3. The van der Waals surface area contributed by atoms with E-state index in [0.29, 0.717) is 16.7 Å². The van der Waals surface area contributed by atoms with Gasteiger partial charge in [0.25, 0.3) is 0 Å². The van der Waals surface area contributed by atoms with Crippen LogP contribution in [0.2, 0.25) is 0 Å². The number of hydrogen-bond donors (Lipinski definition) is 6. The minimum Gasteiger partial charge on any atom is -0.402 e. The van der Waals surface area contributed by atoms with Gasteiger partial charge in [-0.1, -0.05) is 54.6 Å². The van der Waals surface area contributed by atoms with Crippen LogP contribution < -0.4 is 17.7 Å². The number of benzene rings is 3. The van der Waals surface area contributed by atoms with E-state index in [2.05, 4.69) is 32.2 Å². The van der Waals surface area contributed by atoms with Gasteiger partial charge in [0.2, 0.25) is 0 Å². The van der Waals surface area contributed by atoms with Crippen LogP contribution >= 0.6 is 0 Å². The second-order valence-electron chi connectivity index (χ2n) is 5.66. The Morgan fingerprint density at radius 1 is 0.500 bits per heavy atom. The van der Waals surface area contributed by atoms with Crippen molar-refractivity contribution in [1.82, 2.24) is 0 Å². The summed E-state index contributed by atoms with van der Waals surface area (Å²) in [6.45, 7) is 0. The van der Waals surface area contributed by atoms with Gasteiger partial charge in [-0.05, 0) is 36.4 Å². The van der Waals surface area contributed by atoms with Crippen molar-refractivity contribution in [3.8, 4) is 0 Å². The molecule has 0 aliphatic heterocycles. The lowest BCUT2D eigenvalue weighted by Gasteiger charge is -1.94. The zero-order valence-electron chi connectivity index (χ0n) is 17.8. The topological polar surface area (TPSA) is 218 Å². The van der Waals surface area contributed by atoms with E-state index in [1.807, 2.05) is 18.2 Å². The maximum atomic E-state index is 10.7. The number of nitrogens with two attached hydrogens (primary N) is 3. The van der Waals surface area contributed by atoms with Crippen LogP contribution in [0.15, 0.2) is 91.0 Å². The average Bonchev–Trinajstić information content (AvgIpc) is 2.89. The summed E-state index contributed by atoms with van der Waals surface area (Å²) in [4.78, 5) is 44.0. The number of hydrogen-bond acceptors (Lipinski definition) is 12. The molecule has 180 valence electrons. The fraction of sp³-hybridized carbons (Fsp3) is 0. The zero-order chi connectivity index (χ0) is 25.8. The summed E-state index contributed by atoms with van der Waals surface area (Å²) in [6.07, 6.45) is 0. The molecule has 0 aliphatic carbocycles. The predicted octanol–water partition coefficient (Wildman–Crippen LogP) is 0.0995. The highest BCUT2D eigenvalue weighted by atomic mass is 16.7. The standard InChI is InChI=1S/3C7H7NO2.BH3O3/c3*8-10-7(9)6-4-2-1-3-5-6;2-1(3)4/h3*1-5H,8H2;2-4H. The number of carbonyl (C=O) groups is 3. The molecule has 0 saturated carbocycles. The lowest BCUT2D eigenvalue weighted by atomic mass is 10.2. The van der Waals surface area contributed by atoms with Crippen LogP contribution in [0.5, 0.6) is 0 Å². The Hall–Kier alpha value is -4.11. The summed E-state index contributed by atoms with van der Waals surface area (Å²) >= 11 is 0. The van der Waals surface area contributed by atoms with Crippen LogP contribution in [0.3, 0.4) is 0 Å². The molecule has 3 aromatic rings. The van der Waals surface area contributed by atoms with Crippen LogP contribution in [0.1, 0.15) is 31.1 Å². The Morgan fingerprint density at radius 3 is 0.824 bits per heavy atom. The Kier molecular flexibility index (Phi) is 16.2. The number of carbonyl (C=O) groups excluding carboxylic acids is 3. The summed E-state index contributed by atoms with van der Waals surface area (Å²) in [5.74, 6) is 12.4. The highest BCUT2D eigenvalue weighted by molar-refractivity contribution is 6.30. The maximum absolute atomic E-state index is 10.7. The lowest BCUT2D eigenvalue weighted by molar-refractivity contribution is 0.0495. The van der Waals surface area contributed by atoms with Crippen molar-refractivity contribution in [1.29, 1.82) is 0 Å². The molecule has 0 atom stereocenters. The molecule has 0 heterocycles. The van der Waals surface area contributed by atoms with E-state index in [4.69, 9.17) is 15.1 Å². The van der Waals surface area contributed by atoms with Crippen LogP contribution in [0, 0.1) is 0 Å². The highest BCUT2D eigenvalue weighted by Gasteiger charge is 2.03. The summed E-state index contributed by atoms with van der Waals surface area (Å²) in [5.41, 5.74) is 1.39. The van der Waals surface area contributed by atoms with E-state index in [0.717, 1.165) is 0 Å². The summed E-state index contributed by atoms with van der Waals surface area (Å²) in [7, 11) is -2.17. The smallest absolute Gasteiger partial charge is 0.402 e. The van der Waals surface area contributed by atoms with Crippen molar-refractivity contribution in [2.24, 2.45) is 17.7 Å². The van der Waals surface area contributed by atoms with E-state index in [1.165, 1.54) is 0 Å². The Labute approximate surface area is 195 Å². The molecule has 0 aromatic heterocycles. The normalized spacial score (nSPS) is 8.65. The van der Waals surface area contributed by atoms with Crippen molar-refractivity contribution in [2.75, 3.05) is 0 Å². The fourth-order valence-corrected chi connectivity index (χ4v) is 1.93. The highest BCUT2D eigenvalue weighted by Crippen LogP contribution is 1.99. The molecule has 0 amide bonds. The second-order valence-corrected chi connectivity index (χ2v) is 5.66. The SMILES string of the molecule is NOC(=O)c1ccccc1.NOC(=O)c1ccccc1.NOC(=O)c1ccccc1.OB(O)O. The van der Waals surface area contributed by atoms with Crippen molar-refractivity contribution in [2.45, 2.75) is 0 Å². The van der Waals surface area contributed by atoms with Gasteiger partial charge in [-0.3, -0.25) is 0 Å². The van der Waals surface area contributed by atoms with Gasteiger partial charge in [-0.25, -0.2) is 14.4 Å². The third-order valence-electron chi connectivity index (χ3n) is 3.35. The molecule has 3 rings (SSSR count). The first-order valence-corrected chi connectivity index (χ1v) is 9.19. The minimum absolute atomic E-state index is 0.463. The van der Waals surface area contributed by atoms with E-state index < -0.39 is 25.2 Å². The van der Waals surface area contributed by atoms with Crippen molar-refractivity contribution >= 4 is 25.2 Å². The van der Waals surface area contributed by atoms with Gasteiger partial charge >= 0.3 is 25.2 Å². The van der Waals surface area contributed by atoms with Crippen LogP contribution in [0.25, 0.3) is 0 Å². The summed E-state index contributed by atoms with van der Waals surface area (Å²) in [6, 6.07) is 25.7. The van der Waals surface area contributed by atoms with Crippen molar-refractivity contribution < 1.29 is 44.0 Å². The molecule has 0 unspecified atom stereocenters. The monoisotopic (exact) mass is 473 g/mol. The third-order valence-corrected chi connectivity index (χ3v) is 3.35. The van der Waals surface area contributed by atoms with Gasteiger partial charge < -0.3 is 29.6 Å². The van der Waals surface area contributed by atoms with Crippen LogP contribution in [0.4, 0.5) is 0 Å². The molecule has 0 saturated heterocycles. The first kappa shape index (κ1) is 29.9. The molecule has 12 nitrogen and oxygen atoms in total. The van der Waals surface area contributed by atoms with Crippen LogP contribution in [-0.2, 0) is 14.5 Å². The third kappa shape index (κ3) is 14.1. The molecule has 0 bridgehead atoms. The van der Waals surface area contributed by atoms with E-state index >= 15 is 0 Å². The van der Waals surface area contributed by atoms with Crippen molar-refractivity contribution in [3.63, 3.8) is 0 Å². The van der Waals surface area contributed by atoms with E-state index in [1.54, 1.807) is 72.8 Å². The van der Waals surface area contributed by atoms with Gasteiger partial charge in [-0.15, -0.1) is 0 Å². The Bertz CT molecular complexity index is 838. The zero-order valence-corrected chi connectivity index (χ0v) is 17.8. The molecular formula is C21H24BN3O9. The minimum atomic E-state index is -2.17. The maximum Gasteiger partial charge on any atom is 0.631 e. The van der Waals surface area contributed by atoms with Gasteiger partial charge in [0.05, 0.1) is 16.7 Å².